The molecule has 0 bridgehead atoms. The van der Waals surface area contributed by atoms with Crippen LogP contribution in [0.1, 0.15) is 54.9 Å². The summed E-state index contributed by atoms with van der Waals surface area (Å²) < 4.78 is 5.79. The van der Waals surface area contributed by atoms with Gasteiger partial charge in [-0.25, -0.2) is 0 Å². The number of hydrogen-bond donors (Lipinski definition) is 2. The molecule has 0 saturated heterocycles. The second kappa shape index (κ2) is 9.40. The van der Waals surface area contributed by atoms with Crippen LogP contribution < -0.4 is 15.4 Å². The quantitative estimate of drug-likeness (QED) is 0.777. The highest BCUT2D eigenvalue weighted by Crippen LogP contribution is 2.21. The lowest BCUT2D eigenvalue weighted by Gasteiger charge is -2.23. The third kappa shape index (κ3) is 5.12. The van der Waals surface area contributed by atoms with Crippen molar-refractivity contribution in [1.29, 1.82) is 0 Å². The molecule has 0 spiro atoms. The SMILES string of the molecule is Cc1ccccc1O[C@@H](C)C(=O)Nc1ccccc1C(=O)NC1CCCCC1. The number of ether oxygens (including phenoxy) is 1. The number of benzene rings is 2. The molecule has 2 amide bonds. The number of aryl methyl sites for hydroxylation is 1. The number of amides is 2. The molecule has 0 unspecified atom stereocenters. The van der Waals surface area contributed by atoms with Crippen molar-refractivity contribution >= 4 is 17.5 Å². The summed E-state index contributed by atoms with van der Waals surface area (Å²) in [5.74, 6) is 0.241. The number of para-hydroxylation sites is 2. The molecular formula is C23H28N2O3. The van der Waals surface area contributed by atoms with Crippen molar-refractivity contribution in [1.82, 2.24) is 5.32 Å². The van der Waals surface area contributed by atoms with Crippen LogP contribution in [0, 0.1) is 6.92 Å². The van der Waals surface area contributed by atoms with Gasteiger partial charge in [-0.05, 0) is 50.5 Å². The Morgan fingerprint density at radius 1 is 1.00 bits per heavy atom. The maximum atomic E-state index is 12.7. The lowest BCUT2D eigenvalue weighted by Crippen LogP contribution is -2.37. The molecule has 3 rings (SSSR count). The Labute approximate surface area is 166 Å². The summed E-state index contributed by atoms with van der Waals surface area (Å²) in [7, 11) is 0. The van der Waals surface area contributed by atoms with E-state index in [2.05, 4.69) is 10.6 Å². The van der Waals surface area contributed by atoms with Crippen LogP contribution in [0.5, 0.6) is 5.75 Å². The van der Waals surface area contributed by atoms with Gasteiger partial charge >= 0.3 is 0 Å². The molecule has 2 aromatic carbocycles. The normalized spacial score (nSPS) is 15.5. The zero-order chi connectivity index (χ0) is 19.9. The van der Waals surface area contributed by atoms with E-state index >= 15 is 0 Å². The Kier molecular flexibility index (Phi) is 6.69. The zero-order valence-electron chi connectivity index (χ0n) is 16.5. The molecule has 0 heterocycles. The number of anilines is 1. The van der Waals surface area contributed by atoms with Crippen LogP contribution in [0.2, 0.25) is 0 Å². The Bertz CT molecular complexity index is 828. The molecule has 0 radical (unpaired) electrons. The van der Waals surface area contributed by atoms with Crippen LogP contribution >= 0.6 is 0 Å². The van der Waals surface area contributed by atoms with Gasteiger partial charge < -0.3 is 15.4 Å². The summed E-state index contributed by atoms with van der Waals surface area (Å²) in [4.78, 5) is 25.4. The van der Waals surface area contributed by atoms with E-state index in [9.17, 15) is 9.59 Å². The van der Waals surface area contributed by atoms with Gasteiger partial charge in [-0.3, -0.25) is 9.59 Å². The van der Waals surface area contributed by atoms with Crippen molar-refractivity contribution in [3.05, 3.63) is 59.7 Å². The third-order valence-corrected chi connectivity index (χ3v) is 5.14. The van der Waals surface area contributed by atoms with Crippen LogP contribution in [-0.2, 0) is 4.79 Å². The lowest BCUT2D eigenvalue weighted by molar-refractivity contribution is -0.122. The monoisotopic (exact) mass is 380 g/mol. The van der Waals surface area contributed by atoms with Gasteiger partial charge in [0.2, 0.25) is 0 Å². The van der Waals surface area contributed by atoms with E-state index < -0.39 is 6.10 Å². The number of carbonyl (C=O) groups is 2. The second-order valence-electron chi connectivity index (χ2n) is 7.37. The first kappa shape index (κ1) is 19.9. The summed E-state index contributed by atoms with van der Waals surface area (Å²) in [6.07, 6.45) is 4.88. The van der Waals surface area contributed by atoms with Gasteiger partial charge in [0.05, 0.1) is 11.3 Å². The standard InChI is InChI=1S/C23H28N2O3/c1-16-10-6-9-15-21(16)28-17(2)22(26)25-20-14-8-7-13-19(20)23(27)24-18-11-4-3-5-12-18/h6-10,13-15,17-18H,3-5,11-12H2,1-2H3,(H,24,27)(H,25,26)/t17-/m0/s1. The summed E-state index contributed by atoms with van der Waals surface area (Å²) in [5.41, 5.74) is 1.94. The van der Waals surface area contributed by atoms with Crippen LogP contribution in [-0.4, -0.2) is 24.0 Å². The average molecular weight is 380 g/mol. The van der Waals surface area contributed by atoms with Gasteiger partial charge in [0.1, 0.15) is 5.75 Å². The smallest absolute Gasteiger partial charge is 0.265 e. The second-order valence-corrected chi connectivity index (χ2v) is 7.37. The van der Waals surface area contributed by atoms with Gasteiger partial charge in [0.25, 0.3) is 11.8 Å². The van der Waals surface area contributed by atoms with E-state index in [1.54, 1.807) is 31.2 Å². The molecule has 0 aromatic heterocycles. The van der Waals surface area contributed by atoms with Gasteiger partial charge in [-0.15, -0.1) is 0 Å². The fraction of sp³-hybridized carbons (Fsp3) is 0.391. The number of carbonyl (C=O) groups excluding carboxylic acids is 2. The van der Waals surface area contributed by atoms with Gasteiger partial charge in [-0.1, -0.05) is 49.6 Å². The molecule has 1 aliphatic carbocycles. The predicted molar refractivity (Wildman–Crippen MR) is 111 cm³/mol. The number of nitrogens with one attached hydrogen (secondary N) is 2. The average Bonchev–Trinajstić information content (AvgIpc) is 2.70. The highest BCUT2D eigenvalue weighted by atomic mass is 16.5. The Morgan fingerprint density at radius 3 is 2.43 bits per heavy atom. The highest BCUT2D eigenvalue weighted by molar-refractivity contribution is 6.04. The van der Waals surface area contributed by atoms with E-state index in [-0.39, 0.29) is 17.9 Å². The van der Waals surface area contributed by atoms with E-state index in [0.717, 1.165) is 31.2 Å². The van der Waals surface area contributed by atoms with Crippen molar-refractivity contribution in [2.45, 2.75) is 58.1 Å². The fourth-order valence-corrected chi connectivity index (χ4v) is 3.47. The first-order valence-corrected chi connectivity index (χ1v) is 9.97. The molecular weight excluding hydrogens is 352 g/mol. The maximum absolute atomic E-state index is 12.7. The Morgan fingerprint density at radius 2 is 1.68 bits per heavy atom. The molecule has 2 N–H and O–H groups in total. The molecule has 2 aromatic rings. The van der Waals surface area contributed by atoms with E-state index in [1.165, 1.54) is 6.42 Å². The van der Waals surface area contributed by atoms with Crippen LogP contribution in [0.4, 0.5) is 5.69 Å². The van der Waals surface area contributed by atoms with Crippen molar-refractivity contribution in [3.63, 3.8) is 0 Å². The summed E-state index contributed by atoms with van der Waals surface area (Å²) >= 11 is 0. The largest absolute Gasteiger partial charge is 0.481 e. The topological polar surface area (TPSA) is 67.4 Å². The third-order valence-electron chi connectivity index (χ3n) is 5.14. The van der Waals surface area contributed by atoms with Crippen molar-refractivity contribution < 1.29 is 14.3 Å². The molecule has 5 heteroatoms. The van der Waals surface area contributed by atoms with E-state index in [0.29, 0.717) is 17.0 Å². The molecule has 1 fully saturated rings. The van der Waals surface area contributed by atoms with Crippen molar-refractivity contribution in [2.75, 3.05) is 5.32 Å². The van der Waals surface area contributed by atoms with Gasteiger partial charge in [-0.2, -0.15) is 0 Å². The highest BCUT2D eigenvalue weighted by Gasteiger charge is 2.21. The molecule has 1 atom stereocenters. The van der Waals surface area contributed by atoms with Gasteiger partial charge in [0.15, 0.2) is 6.10 Å². The van der Waals surface area contributed by atoms with E-state index in [1.807, 2.05) is 31.2 Å². The van der Waals surface area contributed by atoms with Crippen LogP contribution in [0.15, 0.2) is 48.5 Å². The zero-order valence-corrected chi connectivity index (χ0v) is 16.5. The number of rotatable bonds is 6. The van der Waals surface area contributed by atoms with Gasteiger partial charge in [0, 0.05) is 6.04 Å². The minimum Gasteiger partial charge on any atom is -0.481 e. The summed E-state index contributed by atoms with van der Waals surface area (Å²) in [6, 6.07) is 14.9. The molecule has 1 aliphatic rings. The van der Waals surface area contributed by atoms with Crippen molar-refractivity contribution in [2.24, 2.45) is 0 Å². The minimum absolute atomic E-state index is 0.143. The summed E-state index contributed by atoms with van der Waals surface area (Å²) in [5, 5.41) is 5.95. The first-order valence-electron chi connectivity index (χ1n) is 9.97. The maximum Gasteiger partial charge on any atom is 0.265 e. The Balaban J connectivity index is 1.65. The lowest BCUT2D eigenvalue weighted by atomic mass is 9.95. The Hall–Kier alpha value is -2.82. The fourth-order valence-electron chi connectivity index (χ4n) is 3.47. The molecule has 148 valence electrons. The summed E-state index contributed by atoms with van der Waals surface area (Å²) in [6.45, 7) is 3.64. The van der Waals surface area contributed by atoms with Crippen LogP contribution in [0.25, 0.3) is 0 Å². The number of hydrogen-bond acceptors (Lipinski definition) is 3. The molecule has 0 aliphatic heterocycles. The minimum atomic E-state index is -0.685. The van der Waals surface area contributed by atoms with Crippen LogP contribution in [0.3, 0.4) is 0 Å². The molecule has 1 saturated carbocycles. The molecule has 5 nitrogen and oxygen atoms in total. The first-order chi connectivity index (χ1) is 13.5. The van der Waals surface area contributed by atoms with E-state index in [4.69, 9.17) is 4.74 Å². The van der Waals surface area contributed by atoms with Crippen molar-refractivity contribution in [3.8, 4) is 5.75 Å². The predicted octanol–water partition coefficient (Wildman–Crippen LogP) is 4.46. The molecule has 28 heavy (non-hydrogen) atoms.